The lowest BCUT2D eigenvalue weighted by Gasteiger charge is -2.48. The van der Waals surface area contributed by atoms with E-state index in [9.17, 15) is 9.18 Å². The topological polar surface area (TPSA) is 32.8 Å². The average molecular weight is 403 g/mol. The highest BCUT2D eigenvalue weighted by Gasteiger charge is 2.44. The SMILES string of the molecule is CC(C)CC(=O)N1CCC2(CC1)CC(N(Cc1ccc(F)cc1)C1CC1)CCO2. The van der Waals surface area contributed by atoms with Crippen molar-refractivity contribution in [1.29, 1.82) is 0 Å². The lowest BCUT2D eigenvalue weighted by molar-refractivity contribution is -0.150. The molecule has 0 N–H and O–H groups in total. The van der Waals surface area contributed by atoms with Crippen LogP contribution >= 0.6 is 0 Å². The molecule has 3 aliphatic rings. The molecule has 0 bridgehead atoms. The fourth-order valence-corrected chi connectivity index (χ4v) is 5.04. The molecule has 2 saturated heterocycles. The van der Waals surface area contributed by atoms with Gasteiger partial charge >= 0.3 is 0 Å². The van der Waals surface area contributed by atoms with Gasteiger partial charge in [-0.05, 0) is 62.1 Å². The number of amides is 1. The summed E-state index contributed by atoms with van der Waals surface area (Å²) in [7, 11) is 0. The lowest BCUT2D eigenvalue weighted by atomic mass is 9.81. The van der Waals surface area contributed by atoms with Crippen molar-refractivity contribution in [3.8, 4) is 0 Å². The molecule has 1 aromatic carbocycles. The molecule has 1 spiro atoms. The van der Waals surface area contributed by atoms with Crippen LogP contribution in [0.2, 0.25) is 0 Å². The predicted octanol–water partition coefficient (Wildman–Crippen LogP) is 4.38. The quantitative estimate of drug-likeness (QED) is 0.708. The molecule has 1 aliphatic carbocycles. The first-order valence-corrected chi connectivity index (χ1v) is 11.4. The second-order valence-electron chi connectivity index (χ2n) is 9.69. The molecule has 5 heteroatoms. The zero-order valence-electron chi connectivity index (χ0n) is 17.9. The number of nitrogens with zero attached hydrogens (tertiary/aromatic N) is 2. The molecule has 1 unspecified atom stereocenters. The number of rotatable bonds is 6. The van der Waals surface area contributed by atoms with E-state index >= 15 is 0 Å². The molecule has 0 aromatic heterocycles. The second kappa shape index (κ2) is 8.73. The normalized spacial score (nSPS) is 24.4. The van der Waals surface area contributed by atoms with Gasteiger partial charge in [-0.1, -0.05) is 26.0 Å². The van der Waals surface area contributed by atoms with Crippen LogP contribution < -0.4 is 0 Å². The van der Waals surface area contributed by atoms with Gasteiger partial charge in [-0.2, -0.15) is 0 Å². The minimum absolute atomic E-state index is 0.0759. The van der Waals surface area contributed by atoms with Gasteiger partial charge in [0.15, 0.2) is 0 Å². The first-order valence-electron chi connectivity index (χ1n) is 11.4. The molecule has 2 aliphatic heterocycles. The van der Waals surface area contributed by atoms with Crippen LogP contribution in [0, 0.1) is 11.7 Å². The number of hydrogen-bond acceptors (Lipinski definition) is 3. The van der Waals surface area contributed by atoms with Crippen LogP contribution in [-0.2, 0) is 16.1 Å². The fourth-order valence-electron chi connectivity index (χ4n) is 5.04. The zero-order chi connectivity index (χ0) is 20.4. The van der Waals surface area contributed by atoms with E-state index < -0.39 is 0 Å². The Hall–Kier alpha value is -1.46. The number of benzene rings is 1. The molecule has 0 radical (unpaired) electrons. The Morgan fingerprint density at radius 2 is 1.86 bits per heavy atom. The molecule has 2 heterocycles. The number of halogens is 1. The van der Waals surface area contributed by atoms with E-state index in [-0.39, 0.29) is 17.3 Å². The average Bonchev–Trinajstić information content (AvgIpc) is 3.53. The molecular formula is C24H35FN2O2. The van der Waals surface area contributed by atoms with Crippen molar-refractivity contribution in [3.63, 3.8) is 0 Å². The van der Waals surface area contributed by atoms with Gasteiger partial charge in [0.25, 0.3) is 0 Å². The van der Waals surface area contributed by atoms with Crippen molar-refractivity contribution >= 4 is 5.91 Å². The molecule has 1 saturated carbocycles. The summed E-state index contributed by atoms with van der Waals surface area (Å²) in [5, 5.41) is 0. The van der Waals surface area contributed by atoms with Crippen LogP contribution in [0.5, 0.6) is 0 Å². The van der Waals surface area contributed by atoms with Crippen LogP contribution in [0.25, 0.3) is 0 Å². The number of carbonyl (C=O) groups is 1. The summed E-state index contributed by atoms with van der Waals surface area (Å²) in [5.41, 5.74) is 1.11. The first kappa shape index (κ1) is 20.8. The highest BCUT2D eigenvalue weighted by Crippen LogP contribution is 2.40. The molecule has 1 aromatic rings. The van der Waals surface area contributed by atoms with E-state index in [0.29, 0.717) is 24.4 Å². The van der Waals surface area contributed by atoms with Gasteiger partial charge in [0, 0.05) is 44.7 Å². The van der Waals surface area contributed by atoms with Gasteiger partial charge in [-0.25, -0.2) is 4.39 Å². The van der Waals surface area contributed by atoms with Crippen LogP contribution in [0.3, 0.4) is 0 Å². The summed E-state index contributed by atoms with van der Waals surface area (Å²) in [6.07, 6.45) is 7.19. The summed E-state index contributed by atoms with van der Waals surface area (Å²) >= 11 is 0. The monoisotopic (exact) mass is 402 g/mol. The fraction of sp³-hybridized carbons (Fsp3) is 0.708. The molecule has 1 atom stereocenters. The summed E-state index contributed by atoms with van der Waals surface area (Å²) in [6, 6.07) is 8.13. The van der Waals surface area contributed by atoms with Crippen molar-refractivity contribution in [3.05, 3.63) is 35.6 Å². The van der Waals surface area contributed by atoms with E-state index in [1.165, 1.54) is 18.4 Å². The Kier molecular flexibility index (Phi) is 6.26. The summed E-state index contributed by atoms with van der Waals surface area (Å²) in [5.74, 6) is 0.529. The minimum Gasteiger partial charge on any atom is -0.375 e. The first-order chi connectivity index (χ1) is 13.9. The number of likely N-dealkylation sites (tertiary alicyclic amines) is 1. The third kappa shape index (κ3) is 5.18. The molecule has 4 rings (SSSR count). The van der Waals surface area contributed by atoms with Gasteiger partial charge in [-0.3, -0.25) is 9.69 Å². The minimum atomic E-state index is -0.171. The third-order valence-corrected chi connectivity index (χ3v) is 6.84. The number of hydrogen-bond donors (Lipinski definition) is 0. The predicted molar refractivity (Wildman–Crippen MR) is 112 cm³/mol. The Bertz CT molecular complexity index is 693. The maximum absolute atomic E-state index is 13.3. The second-order valence-corrected chi connectivity index (χ2v) is 9.69. The van der Waals surface area contributed by atoms with Crippen molar-refractivity contribution < 1.29 is 13.9 Å². The molecular weight excluding hydrogens is 367 g/mol. The van der Waals surface area contributed by atoms with E-state index in [4.69, 9.17) is 4.74 Å². The van der Waals surface area contributed by atoms with Crippen molar-refractivity contribution in [1.82, 2.24) is 9.80 Å². The maximum Gasteiger partial charge on any atom is 0.222 e. The van der Waals surface area contributed by atoms with E-state index in [1.807, 2.05) is 17.0 Å². The summed E-state index contributed by atoms with van der Waals surface area (Å²) < 4.78 is 19.6. The Morgan fingerprint density at radius 3 is 2.48 bits per heavy atom. The molecule has 160 valence electrons. The van der Waals surface area contributed by atoms with Crippen LogP contribution in [0.4, 0.5) is 4.39 Å². The number of piperidine rings is 1. The van der Waals surface area contributed by atoms with Gasteiger partial charge in [-0.15, -0.1) is 0 Å². The van der Waals surface area contributed by atoms with Crippen molar-refractivity contribution in [2.45, 2.75) is 83.0 Å². The van der Waals surface area contributed by atoms with E-state index in [2.05, 4.69) is 18.7 Å². The largest absolute Gasteiger partial charge is 0.375 e. The molecule has 1 amide bonds. The Morgan fingerprint density at radius 1 is 1.17 bits per heavy atom. The number of carbonyl (C=O) groups excluding carboxylic acids is 1. The van der Waals surface area contributed by atoms with Crippen LogP contribution in [0.15, 0.2) is 24.3 Å². The standard InChI is InChI=1S/C24H35FN2O2/c1-18(2)15-23(28)26-12-10-24(11-13-26)16-22(9-14-29-24)27(21-7-8-21)17-19-3-5-20(25)6-4-19/h3-6,18,21-22H,7-17H2,1-2H3. The third-order valence-electron chi connectivity index (χ3n) is 6.84. The smallest absolute Gasteiger partial charge is 0.222 e. The zero-order valence-corrected chi connectivity index (χ0v) is 17.9. The van der Waals surface area contributed by atoms with E-state index in [1.54, 1.807) is 12.1 Å². The Balaban J connectivity index is 1.38. The molecule has 3 fully saturated rings. The number of ether oxygens (including phenoxy) is 1. The van der Waals surface area contributed by atoms with Crippen molar-refractivity contribution in [2.75, 3.05) is 19.7 Å². The van der Waals surface area contributed by atoms with Crippen LogP contribution in [0.1, 0.15) is 64.4 Å². The lowest BCUT2D eigenvalue weighted by Crippen LogP contribution is -2.54. The highest BCUT2D eigenvalue weighted by molar-refractivity contribution is 5.76. The molecule has 4 nitrogen and oxygen atoms in total. The van der Waals surface area contributed by atoms with Gasteiger partial charge in [0.2, 0.25) is 5.91 Å². The highest BCUT2D eigenvalue weighted by atomic mass is 19.1. The molecule has 29 heavy (non-hydrogen) atoms. The maximum atomic E-state index is 13.3. The summed E-state index contributed by atoms with van der Waals surface area (Å²) in [4.78, 5) is 17.1. The van der Waals surface area contributed by atoms with Gasteiger partial charge in [0.05, 0.1) is 5.60 Å². The van der Waals surface area contributed by atoms with Gasteiger partial charge in [0.1, 0.15) is 5.82 Å². The van der Waals surface area contributed by atoms with E-state index in [0.717, 1.165) is 51.9 Å². The van der Waals surface area contributed by atoms with Crippen LogP contribution in [-0.4, -0.2) is 53.1 Å². The Labute approximate surface area is 174 Å². The summed E-state index contributed by atoms with van der Waals surface area (Å²) in [6.45, 7) is 7.54. The van der Waals surface area contributed by atoms with Crippen molar-refractivity contribution in [2.24, 2.45) is 5.92 Å². The van der Waals surface area contributed by atoms with Gasteiger partial charge < -0.3 is 9.64 Å².